The second-order valence-corrected chi connectivity index (χ2v) is 4.96. The molecule has 5 nitrogen and oxygen atoms in total. The van der Waals surface area contributed by atoms with E-state index in [4.69, 9.17) is 18.9 Å². The fourth-order valence-electron chi connectivity index (χ4n) is 2.72. The molecule has 0 aliphatic heterocycles. The zero-order chi connectivity index (χ0) is 16.4. The molecule has 0 saturated carbocycles. The van der Waals surface area contributed by atoms with Crippen LogP contribution in [0.25, 0.3) is 16.6 Å². The summed E-state index contributed by atoms with van der Waals surface area (Å²) in [5.41, 5.74) is 2.00. The van der Waals surface area contributed by atoms with Gasteiger partial charge in [-0.2, -0.15) is 0 Å². The summed E-state index contributed by atoms with van der Waals surface area (Å²) in [4.78, 5) is 0. The summed E-state index contributed by atoms with van der Waals surface area (Å²) in [6, 6.07) is 11.8. The number of nitrogens with zero attached hydrogens (tertiary/aromatic N) is 1. The molecule has 2 aromatic carbocycles. The third-order valence-corrected chi connectivity index (χ3v) is 3.85. The van der Waals surface area contributed by atoms with Crippen molar-refractivity contribution in [3.8, 4) is 28.7 Å². The average Bonchev–Trinajstić information content (AvgIpc) is 3.03. The first-order chi connectivity index (χ1) is 11.2. The van der Waals surface area contributed by atoms with Crippen LogP contribution in [-0.2, 0) is 0 Å². The molecule has 0 N–H and O–H groups in total. The van der Waals surface area contributed by atoms with Crippen LogP contribution in [0.1, 0.15) is 0 Å². The Labute approximate surface area is 135 Å². The quantitative estimate of drug-likeness (QED) is 0.721. The number of hydrogen-bond acceptors (Lipinski definition) is 4. The van der Waals surface area contributed by atoms with Crippen molar-refractivity contribution < 1.29 is 18.9 Å². The molecular weight excluding hydrogens is 294 g/mol. The molecule has 0 saturated heterocycles. The lowest BCUT2D eigenvalue weighted by atomic mass is 10.2. The molecule has 0 aliphatic rings. The first-order valence-electron chi connectivity index (χ1n) is 7.18. The van der Waals surface area contributed by atoms with E-state index in [0.29, 0.717) is 17.2 Å². The van der Waals surface area contributed by atoms with Gasteiger partial charge in [-0.25, -0.2) is 0 Å². The van der Waals surface area contributed by atoms with Crippen LogP contribution in [0.4, 0.5) is 0 Å². The lowest BCUT2D eigenvalue weighted by Crippen LogP contribution is -1.97. The highest BCUT2D eigenvalue weighted by Gasteiger charge is 2.18. The van der Waals surface area contributed by atoms with Crippen LogP contribution in [0.2, 0.25) is 0 Å². The summed E-state index contributed by atoms with van der Waals surface area (Å²) >= 11 is 0. The van der Waals surface area contributed by atoms with Crippen LogP contribution in [0.5, 0.6) is 23.0 Å². The molecule has 23 heavy (non-hydrogen) atoms. The highest BCUT2D eigenvalue weighted by atomic mass is 16.5. The smallest absolute Gasteiger partial charge is 0.204 e. The number of methoxy groups -OCH3 is 4. The molecule has 0 radical (unpaired) electrons. The van der Waals surface area contributed by atoms with Crippen LogP contribution in [-0.4, -0.2) is 33.0 Å². The summed E-state index contributed by atoms with van der Waals surface area (Å²) < 4.78 is 23.7. The maximum atomic E-state index is 5.54. The van der Waals surface area contributed by atoms with Gasteiger partial charge < -0.3 is 23.5 Å². The van der Waals surface area contributed by atoms with Gasteiger partial charge in [0, 0.05) is 23.3 Å². The monoisotopic (exact) mass is 313 g/mol. The third-order valence-electron chi connectivity index (χ3n) is 3.85. The second-order valence-electron chi connectivity index (χ2n) is 4.96. The molecule has 3 rings (SSSR count). The van der Waals surface area contributed by atoms with Gasteiger partial charge in [0.25, 0.3) is 0 Å². The van der Waals surface area contributed by atoms with E-state index in [1.54, 1.807) is 28.4 Å². The molecule has 3 aromatic rings. The van der Waals surface area contributed by atoms with Crippen LogP contribution in [0.15, 0.2) is 42.6 Å². The standard InChI is InChI=1S/C18H19NO4/c1-20-13-7-5-12(6-8-13)19-10-9-14-15(19)11-16(21-2)18(23-4)17(14)22-3/h5-11H,1-4H3. The molecule has 0 atom stereocenters. The summed E-state index contributed by atoms with van der Waals surface area (Å²) in [7, 11) is 6.50. The van der Waals surface area contributed by atoms with E-state index in [0.717, 1.165) is 22.3 Å². The lowest BCUT2D eigenvalue weighted by Gasteiger charge is -2.14. The molecule has 0 aliphatic carbocycles. The van der Waals surface area contributed by atoms with Crippen molar-refractivity contribution in [3.05, 3.63) is 42.6 Å². The Balaban J connectivity index is 2.23. The molecule has 0 bridgehead atoms. The van der Waals surface area contributed by atoms with Gasteiger partial charge >= 0.3 is 0 Å². The van der Waals surface area contributed by atoms with E-state index in [1.165, 1.54) is 0 Å². The van der Waals surface area contributed by atoms with Gasteiger partial charge in [-0.15, -0.1) is 0 Å². The van der Waals surface area contributed by atoms with Gasteiger partial charge in [0.2, 0.25) is 5.75 Å². The molecule has 1 heterocycles. The van der Waals surface area contributed by atoms with Gasteiger partial charge in [0.05, 0.1) is 34.0 Å². The largest absolute Gasteiger partial charge is 0.497 e. The number of fused-ring (bicyclic) bond motifs is 1. The second kappa shape index (κ2) is 6.12. The predicted molar refractivity (Wildman–Crippen MR) is 89.5 cm³/mol. The van der Waals surface area contributed by atoms with Crippen LogP contribution in [0, 0.1) is 0 Å². The molecule has 5 heteroatoms. The highest BCUT2D eigenvalue weighted by molar-refractivity contribution is 5.92. The Morgan fingerprint density at radius 2 is 1.43 bits per heavy atom. The minimum Gasteiger partial charge on any atom is -0.497 e. The van der Waals surface area contributed by atoms with Gasteiger partial charge in [-0.1, -0.05) is 0 Å². The number of aromatic nitrogens is 1. The van der Waals surface area contributed by atoms with Crippen molar-refractivity contribution in [1.82, 2.24) is 4.57 Å². The molecule has 0 spiro atoms. The Hall–Kier alpha value is -2.82. The Morgan fingerprint density at radius 1 is 0.739 bits per heavy atom. The maximum Gasteiger partial charge on any atom is 0.204 e. The van der Waals surface area contributed by atoms with Crippen LogP contribution in [0.3, 0.4) is 0 Å². The van der Waals surface area contributed by atoms with Crippen molar-refractivity contribution >= 4 is 10.9 Å². The van der Waals surface area contributed by atoms with Gasteiger partial charge in [0.1, 0.15) is 5.75 Å². The molecular formula is C18H19NO4. The summed E-state index contributed by atoms with van der Waals surface area (Å²) in [6.45, 7) is 0. The van der Waals surface area contributed by atoms with Crippen molar-refractivity contribution in [2.24, 2.45) is 0 Å². The van der Waals surface area contributed by atoms with Gasteiger partial charge in [-0.3, -0.25) is 0 Å². The van der Waals surface area contributed by atoms with Crippen LogP contribution < -0.4 is 18.9 Å². The number of hydrogen-bond donors (Lipinski definition) is 0. The topological polar surface area (TPSA) is 41.9 Å². The zero-order valence-electron chi connectivity index (χ0n) is 13.6. The molecule has 120 valence electrons. The molecule has 0 amide bonds. The first kappa shape index (κ1) is 15.1. The molecule has 0 unspecified atom stereocenters. The minimum absolute atomic E-state index is 0.593. The SMILES string of the molecule is COc1ccc(-n2ccc3c(OC)c(OC)c(OC)cc32)cc1. The fourth-order valence-corrected chi connectivity index (χ4v) is 2.72. The number of rotatable bonds is 5. The summed E-state index contributed by atoms with van der Waals surface area (Å²) in [5, 5.41) is 0.959. The van der Waals surface area contributed by atoms with Crippen molar-refractivity contribution in [2.45, 2.75) is 0 Å². The maximum absolute atomic E-state index is 5.54. The zero-order valence-corrected chi connectivity index (χ0v) is 13.6. The van der Waals surface area contributed by atoms with Gasteiger partial charge in [-0.05, 0) is 30.3 Å². The summed E-state index contributed by atoms with van der Waals surface area (Å²) in [6.07, 6.45) is 1.99. The van der Waals surface area contributed by atoms with Crippen molar-refractivity contribution in [1.29, 1.82) is 0 Å². The molecule has 1 aromatic heterocycles. The van der Waals surface area contributed by atoms with E-state index in [9.17, 15) is 0 Å². The van der Waals surface area contributed by atoms with Gasteiger partial charge in [0.15, 0.2) is 11.5 Å². The third kappa shape index (κ3) is 2.44. The van der Waals surface area contributed by atoms with E-state index < -0.39 is 0 Å². The Bertz CT molecular complexity index is 821. The van der Waals surface area contributed by atoms with E-state index >= 15 is 0 Å². The van der Waals surface area contributed by atoms with E-state index in [1.807, 2.05) is 42.6 Å². The normalized spacial score (nSPS) is 10.6. The Kier molecular flexibility index (Phi) is 4.02. The molecule has 0 fully saturated rings. The fraction of sp³-hybridized carbons (Fsp3) is 0.222. The lowest BCUT2D eigenvalue weighted by molar-refractivity contribution is 0.327. The van der Waals surface area contributed by atoms with Crippen LogP contribution >= 0.6 is 0 Å². The van der Waals surface area contributed by atoms with E-state index in [2.05, 4.69) is 4.57 Å². The summed E-state index contributed by atoms with van der Waals surface area (Å²) in [5.74, 6) is 2.71. The Morgan fingerprint density at radius 3 is 2.00 bits per heavy atom. The van der Waals surface area contributed by atoms with Crippen molar-refractivity contribution in [3.63, 3.8) is 0 Å². The number of ether oxygens (including phenoxy) is 4. The van der Waals surface area contributed by atoms with E-state index in [-0.39, 0.29) is 0 Å². The predicted octanol–water partition coefficient (Wildman–Crippen LogP) is 3.66. The average molecular weight is 313 g/mol. The minimum atomic E-state index is 0.593. The first-order valence-corrected chi connectivity index (χ1v) is 7.18. The number of benzene rings is 2. The highest BCUT2D eigenvalue weighted by Crippen LogP contribution is 2.44. The van der Waals surface area contributed by atoms with Crippen molar-refractivity contribution in [2.75, 3.05) is 28.4 Å².